The molecule has 0 bridgehead atoms. The molecule has 0 spiro atoms. The van der Waals surface area contributed by atoms with Crippen molar-refractivity contribution in [1.82, 2.24) is 20.8 Å². The molecule has 0 aliphatic rings. The van der Waals surface area contributed by atoms with Crippen LogP contribution in [0, 0.1) is 0 Å². The number of aromatic nitrogens is 2. The number of hydrogen-bond acceptors (Lipinski definition) is 7. The molecule has 0 fully saturated rings. The van der Waals surface area contributed by atoms with Crippen molar-refractivity contribution in [3.8, 4) is 0 Å². The second-order valence-corrected chi connectivity index (χ2v) is 8.83. The number of amidine groups is 1. The first-order chi connectivity index (χ1) is 18.8. The van der Waals surface area contributed by atoms with Crippen molar-refractivity contribution in [2.24, 2.45) is 4.99 Å². The van der Waals surface area contributed by atoms with Gasteiger partial charge in [-0.25, -0.2) is 20.4 Å². The molecule has 1 aromatic heterocycles. The Bertz CT molecular complexity index is 1420. The van der Waals surface area contributed by atoms with Crippen LogP contribution in [0.1, 0.15) is 36.2 Å². The van der Waals surface area contributed by atoms with E-state index in [4.69, 9.17) is 5.73 Å². The molecule has 0 saturated heterocycles. The Morgan fingerprint density at radius 2 is 1.72 bits per heavy atom. The highest BCUT2D eigenvalue weighted by Crippen LogP contribution is 2.30. The van der Waals surface area contributed by atoms with Crippen molar-refractivity contribution < 1.29 is 13.2 Å². The Hall–Kier alpha value is -3.83. The molecule has 3 aromatic carbocycles. The van der Waals surface area contributed by atoms with Gasteiger partial charge in [-0.15, -0.1) is 0 Å². The number of fused-ring (bicyclic) bond motifs is 1. The van der Waals surface area contributed by atoms with Gasteiger partial charge >= 0.3 is 6.18 Å². The lowest BCUT2D eigenvalue weighted by atomic mass is 9.96. The molecule has 39 heavy (non-hydrogen) atoms. The first kappa shape index (κ1) is 29.7. The van der Waals surface area contributed by atoms with Crippen molar-refractivity contribution in [3.63, 3.8) is 0 Å². The fourth-order valence-electron chi connectivity index (χ4n) is 3.92. The Kier molecular flexibility index (Phi) is 10.5. The summed E-state index contributed by atoms with van der Waals surface area (Å²) in [5.74, 6) is 0.969. The fourth-order valence-corrected chi connectivity index (χ4v) is 4.32. The van der Waals surface area contributed by atoms with Crippen LogP contribution >= 0.6 is 11.8 Å². The number of hydrogen-bond donors (Lipinski definition) is 4. The van der Waals surface area contributed by atoms with Gasteiger partial charge in [0.2, 0.25) is 0 Å². The minimum Gasteiger partial charge on any atom is -0.384 e. The van der Waals surface area contributed by atoms with Gasteiger partial charge < -0.3 is 16.5 Å². The highest BCUT2D eigenvalue weighted by molar-refractivity contribution is 7.98. The zero-order valence-electron chi connectivity index (χ0n) is 22.2. The van der Waals surface area contributed by atoms with Gasteiger partial charge in [0, 0.05) is 30.8 Å². The van der Waals surface area contributed by atoms with Crippen LogP contribution < -0.4 is 21.9 Å². The van der Waals surface area contributed by atoms with E-state index in [2.05, 4.69) is 31.1 Å². The molecule has 0 atom stereocenters. The molecule has 5 N–H and O–H groups in total. The van der Waals surface area contributed by atoms with Gasteiger partial charge in [0.25, 0.3) is 0 Å². The number of benzene rings is 3. The van der Waals surface area contributed by atoms with E-state index in [0.717, 1.165) is 39.7 Å². The molecule has 0 aliphatic carbocycles. The lowest BCUT2D eigenvalue weighted by Crippen LogP contribution is -2.35. The van der Waals surface area contributed by atoms with Crippen molar-refractivity contribution in [2.45, 2.75) is 31.6 Å². The normalized spacial score (nSPS) is 11.6. The third kappa shape index (κ3) is 7.84. The quantitative estimate of drug-likeness (QED) is 0.0684. The summed E-state index contributed by atoms with van der Waals surface area (Å²) in [5.41, 5.74) is 14.2. The molecular weight excluding hydrogens is 523 g/mol. The standard InChI is InChI=1S/C26H26F3N7S.C2H6/c1-31-36-24(33-15-32-18-7-5-6-17(13-18)26(27,28)29)22-11-10-16(20-8-3-4-9-21(20)22)12-19-14-23(30)35-25(34-19)37-2;1-2/h3-11,13-14,31-32H,12,15H2,1-2H3,(H,33,36)(H2,30,34,35);1-2H3. The van der Waals surface area contributed by atoms with Crippen LogP contribution in [-0.2, 0) is 12.6 Å². The van der Waals surface area contributed by atoms with Crippen LogP contribution in [0.4, 0.5) is 24.7 Å². The number of nitrogens with one attached hydrogen (secondary N) is 3. The third-order valence-corrected chi connectivity index (χ3v) is 6.10. The SMILES string of the molecule is CC.CNN/C(=N\CNc1cccc(C(F)(F)F)c1)c1ccc(Cc2cc(N)nc(SC)n2)c2ccccc12. The van der Waals surface area contributed by atoms with Gasteiger partial charge in [-0.05, 0) is 40.8 Å². The van der Waals surface area contributed by atoms with Crippen LogP contribution in [0.2, 0.25) is 0 Å². The summed E-state index contributed by atoms with van der Waals surface area (Å²) in [6, 6.07) is 18.7. The minimum atomic E-state index is -4.41. The van der Waals surface area contributed by atoms with E-state index >= 15 is 0 Å². The van der Waals surface area contributed by atoms with Gasteiger partial charge in [0.05, 0.1) is 11.3 Å². The molecule has 11 heteroatoms. The first-order valence-corrected chi connectivity index (χ1v) is 13.6. The summed E-state index contributed by atoms with van der Waals surface area (Å²) in [6.07, 6.45) is -1.93. The van der Waals surface area contributed by atoms with Crippen LogP contribution in [0.5, 0.6) is 0 Å². The highest BCUT2D eigenvalue weighted by atomic mass is 32.2. The highest BCUT2D eigenvalue weighted by Gasteiger charge is 2.30. The Labute approximate surface area is 230 Å². The molecule has 4 aromatic rings. The van der Waals surface area contributed by atoms with E-state index in [0.29, 0.717) is 28.9 Å². The third-order valence-electron chi connectivity index (χ3n) is 5.56. The maximum absolute atomic E-state index is 13.0. The van der Waals surface area contributed by atoms with Crippen molar-refractivity contribution >= 4 is 39.9 Å². The van der Waals surface area contributed by atoms with Crippen LogP contribution in [-0.4, -0.2) is 35.8 Å². The largest absolute Gasteiger partial charge is 0.416 e. The summed E-state index contributed by atoms with van der Waals surface area (Å²) >= 11 is 1.44. The second-order valence-electron chi connectivity index (χ2n) is 8.06. The number of hydrazine groups is 1. The number of alkyl halides is 3. The molecule has 0 saturated carbocycles. The summed E-state index contributed by atoms with van der Waals surface area (Å²) in [6.45, 7) is 4.07. The van der Waals surface area contributed by atoms with Gasteiger partial charge in [-0.1, -0.05) is 68.1 Å². The van der Waals surface area contributed by atoms with E-state index in [-0.39, 0.29) is 6.67 Å². The molecule has 0 unspecified atom stereocenters. The van der Waals surface area contributed by atoms with E-state index in [1.54, 1.807) is 19.2 Å². The molecule has 0 aliphatic heterocycles. The van der Waals surface area contributed by atoms with Gasteiger partial charge in [0.1, 0.15) is 18.3 Å². The van der Waals surface area contributed by atoms with E-state index in [9.17, 15) is 13.2 Å². The average Bonchev–Trinajstić information content (AvgIpc) is 2.93. The van der Waals surface area contributed by atoms with E-state index in [1.807, 2.05) is 56.5 Å². The Morgan fingerprint density at radius 3 is 2.41 bits per heavy atom. The lowest BCUT2D eigenvalue weighted by molar-refractivity contribution is -0.137. The summed E-state index contributed by atoms with van der Waals surface area (Å²) in [5, 5.41) is 5.56. The number of thioether (sulfide) groups is 1. The molecular formula is C28H32F3N7S. The predicted molar refractivity (Wildman–Crippen MR) is 155 cm³/mol. The summed E-state index contributed by atoms with van der Waals surface area (Å²) < 4.78 is 39.1. The number of nitrogens with two attached hydrogens (primary N) is 1. The maximum atomic E-state index is 13.0. The van der Waals surface area contributed by atoms with Crippen molar-refractivity contribution in [3.05, 3.63) is 89.1 Å². The molecule has 4 rings (SSSR count). The number of halogens is 3. The van der Waals surface area contributed by atoms with Crippen molar-refractivity contribution in [2.75, 3.05) is 31.0 Å². The molecule has 0 radical (unpaired) electrons. The topological polar surface area (TPSA) is 100 Å². The minimum absolute atomic E-state index is 0.0685. The Balaban J connectivity index is 0.00000205. The number of anilines is 2. The summed E-state index contributed by atoms with van der Waals surface area (Å²) in [7, 11) is 1.72. The molecule has 7 nitrogen and oxygen atoms in total. The fraction of sp³-hybridized carbons (Fsp3) is 0.250. The van der Waals surface area contributed by atoms with Crippen LogP contribution in [0.25, 0.3) is 10.8 Å². The monoisotopic (exact) mass is 555 g/mol. The number of nitrogens with zero attached hydrogens (tertiary/aromatic N) is 3. The number of aliphatic imine (C=N–C) groups is 1. The van der Waals surface area contributed by atoms with E-state index < -0.39 is 11.7 Å². The second kappa shape index (κ2) is 13.8. The van der Waals surface area contributed by atoms with Gasteiger partial charge in [-0.3, -0.25) is 0 Å². The number of nitrogen functional groups attached to an aromatic ring is 1. The van der Waals surface area contributed by atoms with Crippen LogP contribution in [0.3, 0.4) is 0 Å². The smallest absolute Gasteiger partial charge is 0.384 e. The molecule has 0 amide bonds. The maximum Gasteiger partial charge on any atom is 0.416 e. The molecule has 206 valence electrons. The Morgan fingerprint density at radius 1 is 0.974 bits per heavy atom. The summed E-state index contributed by atoms with van der Waals surface area (Å²) in [4.78, 5) is 13.4. The zero-order valence-corrected chi connectivity index (χ0v) is 23.0. The van der Waals surface area contributed by atoms with Crippen molar-refractivity contribution in [1.29, 1.82) is 0 Å². The van der Waals surface area contributed by atoms with Gasteiger partial charge in [0.15, 0.2) is 5.16 Å². The van der Waals surface area contributed by atoms with E-state index in [1.165, 1.54) is 17.8 Å². The van der Waals surface area contributed by atoms with Gasteiger partial charge in [-0.2, -0.15) is 13.2 Å². The average molecular weight is 556 g/mol. The lowest BCUT2D eigenvalue weighted by Gasteiger charge is -2.15. The zero-order chi connectivity index (χ0) is 28.4. The van der Waals surface area contributed by atoms with Crippen LogP contribution in [0.15, 0.2) is 76.9 Å². The molecule has 1 heterocycles. The number of rotatable bonds is 8. The first-order valence-electron chi connectivity index (χ1n) is 12.3. The predicted octanol–water partition coefficient (Wildman–Crippen LogP) is 6.11.